The Morgan fingerprint density at radius 3 is 1.00 bits per heavy atom. The van der Waals surface area contributed by atoms with Gasteiger partial charge in [0, 0.05) is 38.4 Å². The number of hydrogen-bond donors (Lipinski definition) is 0. The molecule has 0 N–H and O–H groups in total. The van der Waals surface area contributed by atoms with E-state index in [4.69, 9.17) is 6.57 Å². The Hall–Kier alpha value is -10.0. The van der Waals surface area contributed by atoms with E-state index in [1.165, 1.54) is 33.4 Å². The molecule has 2 heterocycles. The maximum absolute atomic E-state index is 9.91. The van der Waals surface area contributed by atoms with Gasteiger partial charge in [-0.2, -0.15) is 5.26 Å². The van der Waals surface area contributed by atoms with E-state index in [9.17, 15) is 5.26 Å². The van der Waals surface area contributed by atoms with Crippen LogP contribution in [0.1, 0.15) is 33.4 Å². The lowest BCUT2D eigenvalue weighted by atomic mass is 9.94. The smallest absolute Gasteiger partial charge is 0.189 e. The van der Waals surface area contributed by atoms with Crippen molar-refractivity contribution in [1.29, 1.82) is 5.26 Å². The van der Waals surface area contributed by atoms with Gasteiger partial charge in [0.05, 0.1) is 46.0 Å². The molecule has 13 rings (SSSR count). The molecule has 2 aromatic heterocycles. The van der Waals surface area contributed by atoms with Crippen molar-refractivity contribution in [2.45, 2.75) is 34.6 Å². The fraction of sp³-hybridized carbons (Fsp3) is 0.0685. The minimum absolute atomic E-state index is 0.557. The third kappa shape index (κ3) is 8.25. The van der Waals surface area contributed by atoms with E-state index in [0.29, 0.717) is 11.3 Å². The second kappa shape index (κ2) is 18.7. The molecule has 0 aliphatic rings. The number of benzene rings is 11. The Bertz CT molecular complexity index is 4390. The van der Waals surface area contributed by atoms with Gasteiger partial charge in [0.25, 0.3) is 0 Å². The number of aryl methyl sites for hydroxylation is 5. The maximum Gasteiger partial charge on any atom is 0.189 e. The summed E-state index contributed by atoms with van der Waals surface area (Å²) in [7, 11) is 0. The summed E-state index contributed by atoms with van der Waals surface area (Å²) in [5.41, 5.74) is 26.6. The molecule has 0 atom stereocenters. The monoisotopic (exact) mass is 984 g/mol. The molecule has 0 fully saturated rings. The molecule has 364 valence electrons. The van der Waals surface area contributed by atoms with E-state index in [-0.39, 0.29) is 0 Å². The molecule has 4 heteroatoms. The van der Waals surface area contributed by atoms with Gasteiger partial charge in [0.1, 0.15) is 0 Å². The van der Waals surface area contributed by atoms with Crippen LogP contribution in [-0.4, -0.2) is 9.13 Å². The molecular formula is C73H52N4. The minimum atomic E-state index is 0.557. The van der Waals surface area contributed by atoms with Crippen LogP contribution in [0.25, 0.3) is 127 Å². The summed E-state index contributed by atoms with van der Waals surface area (Å²) in [6.07, 6.45) is 0. The zero-order valence-electron chi connectivity index (χ0n) is 43.7. The highest BCUT2D eigenvalue weighted by atomic mass is 15.0. The molecule has 0 amide bonds. The van der Waals surface area contributed by atoms with Gasteiger partial charge in [0.2, 0.25) is 0 Å². The molecule has 0 aliphatic heterocycles. The van der Waals surface area contributed by atoms with Gasteiger partial charge >= 0.3 is 0 Å². The molecule has 13 aromatic rings. The number of rotatable bonds is 8. The number of hydrogen-bond acceptors (Lipinski definition) is 1. The Morgan fingerprint density at radius 1 is 0.325 bits per heavy atom. The minimum Gasteiger partial charge on any atom is -0.310 e. The average Bonchev–Trinajstić information content (AvgIpc) is 4.09. The van der Waals surface area contributed by atoms with Gasteiger partial charge in [-0.05, 0) is 169 Å². The number of nitrogens with zero attached hydrogens (tertiary/aromatic N) is 4. The van der Waals surface area contributed by atoms with Crippen LogP contribution in [0.15, 0.2) is 224 Å². The average molecular weight is 985 g/mol. The highest BCUT2D eigenvalue weighted by Gasteiger charge is 2.23. The first kappa shape index (κ1) is 46.8. The Kier molecular flexibility index (Phi) is 11.4. The third-order valence-electron chi connectivity index (χ3n) is 15.6. The molecule has 77 heavy (non-hydrogen) atoms. The summed E-state index contributed by atoms with van der Waals surface area (Å²) >= 11 is 0. The van der Waals surface area contributed by atoms with Gasteiger partial charge in [-0.1, -0.05) is 174 Å². The Labute approximate surface area is 449 Å². The van der Waals surface area contributed by atoms with Crippen LogP contribution in [0.5, 0.6) is 0 Å². The van der Waals surface area contributed by atoms with E-state index in [1.54, 1.807) is 0 Å². The van der Waals surface area contributed by atoms with Crippen molar-refractivity contribution in [3.8, 4) is 84.2 Å². The summed E-state index contributed by atoms with van der Waals surface area (Å²) in [6, 6.07) is 83.8. The summed E-state index contributed by atoms with van der Waals surface area (Å²) in [6.45, 7) is 19.0. The van der Waals surface area contributed by atoms with Crippen LogP contribution < -0.4 is 0 Å². The maximum atomic E-state index is 9.91. The summed E-state index contributed by atoms with van der Waals surface area (Å²) in [4.78, 5) is 4.07. The first-order valence-electron chi connectivity index (χ1n) is 26.2. The zero-order chi connectivity index (χ0) is 52.5. The van der Waals surface area contributed by atoms with Crippen LogP contribution in [0.3, 0.4) is 0 Å². The van der Waals surface area contributed by atoms with Crippen LogP contribution >= 0.6 is 0 Å². The largest absolute Gasteiger partial charge is 0.310 e. The van der Waals surface area contributed by atoms with Crippen molar-refractivity contribution in [2.75, 3.05) is 0 Å². The molecule has 0 radical (unpaired) electrons. The van der Waals surface area contributed by atoms with Gasteiger partial charge in [-0.25, -0.2) is 4.85 Å². The zero-order valence-corrected chi connectivity index (χ0v) is 43.7. The van der Waals surface area contributed by atoms with E-state index in [1.807, 2.05) is 18.2 Å². The van der Waals surface area contributed by atoms with Crippen molar-refractivity contribution < 1.29 is 0 Å². The molecule has 0 spiro atoms. The van der Waals surface area contributed by atoms with E-state index in [2.05, 4.69) is 261 Å². The fourth-order valence-corrected chi connectivity index (χ4v) is 11.4. The summed E-state index contributed by atoms with van der Waals surface area (Å²) in [5.74, 6) is 0. The standard InChI is InChI=1S/C73H52N4/c1-45-7-16-51(17-8-45)55-25-33-68-64(38-55)65-39-56(52-18-9-46(2)10-19-52)26-34-69(65)76(68)72-42-59(61-30-15-50(44-74)37-49(61)5)24-31-62(72)63-32-29-60(75-6)43-73(63)77-70-35-27-57(53-20-11-47(3)12-21-53)40-66(70)67-41-58(28-36-71(67)77)54-22-13-48(4)14-23-54/h7-43H,1-5H3. The second-order valence-corrected chi connectivity index (χ2v) is 20.7. The highest BCUT2D eigenvalue weighted by Crippen LogP contribution is 2.46. The van der Waals surface area contributed by atoms with Gasteiger partial charge < -0.3 is 9.13 Å². The first-order valence-corrected chi connectivity index (χ1v) is 26.2. The van der Waals surface area contributed by atoms with Gasteiger partial charge in [0.15, 0.2) is 5.69 Å². The molecule has 0 unspecified atom stereocenters. The van der Waals surface area contributed by atoms with Crippen LogP contribution in [-0.2, 0) is 0 Å². The molecule has 4 nitrogen and oxygen atoms in total. The van der Waals surface area contributed by atoms with Gasteiger partial charge in [-0.3, -0.25) is 0 Å². The molecule has 0 aliphatic carbocycles. The first-order chi connectivity index (χ1) is 37.6. The topological polar surface area (TPSA) is 38.0 Å². The molecule has 0 saturated carbocycles. The molecular weight excluding hydrogens is 933 g/mol. The summed E-state index contributed by atoms with van der Waals surface area (Å²) < 4.78 is 4.82. The predicted molar refractivity (Wildman–Crippen MR) is 322 cm³/mol. The van der Waals surface area contributed by atoms with E-state index < -0.39 is 0 Å². The van der Waals surface area contributed by atoms with Crippen molar-refractivity contribution in [2.24, 2.45) is 0 Å². The Balaban J connectivity index is 1.11. The number of fused-ring (bicyclic) bond motifs is 6. The quantitative estimate of drug-likeness (QED) is 0.140. The highest BCUT2D eigenvalue weighted by molar-refractivity contribution is 6.14. The van der Waals surface area contributed by atoms with Crippen LogP contribution in [0.2, 0.25) is 0 Å². The van der Waals surface area contributed by atoms with E-state index in [0.717, 1.165) is 116 Å². The molecule has 11 aromatic carbocycles. The lowest BCUT2D eigenvalue weighted by Crippen LogP contribution is -2.02. The number of nitriles is 1. The SMILES string of the molecule is [C-]#[N+]c1ccc(-c2ccc(-c3ccc(C#N)cc3C)cc2-n2c3ccc(-c4ccc(C)cc4)cc3c3cc(-c4ccc(C)cc4)ccc32)c(-n2c3ccc(-c4ccc(C)cc4)cc3c3cc(-c4ccc(C)cc4)ccc32)c1. The van der Waals surface area contributed by atoms with Crippen LogP contribution in [0, 0.1) is 52.5 Å². The Morgan fingerprint density at radius 2 is 0.649 bits per heavy atom. The van der Waals surface area contributed by atoms with Gasteiger partial charge in [-0.15, -0.1) is 0 Å². The van der Waals surface area contributed by atoms with Crippen molar-refractivity contribution >= 4 is 49.3 Å². The van der Waals surface area contributed by atoms with Crippen molar-refractivity contribution in [3.05, 3.63) is 269 Å². The molecule has 0 bridgehead atoms. The predicted octanol–water partition coefficient (Wildman–Crippen LogP) is 19.8. The van der Waals surface area contributed by atoms with Crippen LogP contribution in [0.4, 0.5) is 5.69 Å². The molecule has 0 saturated heterocycles. The lowest BCUT2D eigenvalue weighted by molar-refractivity contribution is 1.16. The number of aromatic nitrogens is 2. The normalized spacial score (nSPS) is 11.4. The second-order valence-electron chi connectivity index (χ2n) is 20.7. The summed E-state index contributed by atoms with van der Waals surface area (Å²) in [5, 5.41) is 14.5. The fourth-order valence-electron chi connectivity index (χ4n) is 11.4. The van der Waals surface area contributed by atoms with Crippen molar-refractivity contribution in [3.63, 3.8) is 0 Å². The van der Waals surface area contributed by atoms with Crippen molar-refractivity contribution in [1.82, 2.24) is 9.13 Å². The lowest BCUT2D eigenvalue weighted by Gasteiger charge is -2.21. The van der Waals surface area contributed by atoms with E-state index >= 15 is 0 Å². The third-order valence-corrected chi connectivity index (χ3v) is 15.6.